The van der Waals surface area contributed by atoms with Crippen molar-refractivity contribution < 1.29 is 26.4 Å². The number of hydrogen-bond acceptors (Lipinski definition) is 6. The Morgan fingerprint density at radius 3 is 1.20 bits per heavy atom. The molecule has 0 bridgehead atoms. The van der Waals surface area contributed by atoms with Crippen molar-refractivity contribution in [2.45, 2.75) is 22.6 Å². The van der Waals surface area contributed by atoms with Crippen LogP contribution in [0.3, 0.4) is 0 Å². The predicted octanol–water partition coefficient (Wildman–Crippen LogP) is -1.00. The summed E-state index contributed by atoms with van der Waals surface area (Å²) < 4.78 is 44.8. The van der Waals surface area contributed by atoms with Crippen LogP contribution >= 0.6 is 0 Å². The van der Waals surface area contributed by atoms with Gasteiger partial charge in [0.05, 0.1) is 9.79 Å². The summed E-state index contributed by atoms with van der Waals surface area (Å²) in [5, 5.41) is 15.0. The number of primary sulfonamides is 2. The number of hydrogen-bond donors (Lipinski definition) is 4. The van der Waals surface area contributed by atoms with Gasteiger partial charge in [-0.1, -0.05) is 24.3 Å². The molecule has 0 aliphatic heterocycles. The molecule has 2 aromatic carbocycles. The summed E-state index contributed by atoms with van der Waals surface area (Å²) in [6.07, 6.45) is 0.806. The zero-order chi connectivity index (χ0) is 22.4. The molecule has 0 spiro atoms. The number of amides is 2. The molecule has 0 aliphatic carbocycles. The summed E-state index contributed by atoms with van der Waals surface area (Å²) >= 11 is 0. The summed E-state index contributed by atoms with van der Waals surface area (Å²) in [5.41, 5.74) is 1.54. The van der Waals surface area contributed by atoms with Gasteiger partial charge >= 0.3 is 11.8 Å². The van der Waals surface area contributed by atoms with Crippen molar-refractivity contribution in [3.8, 4) is 0 Å². The zero-order valence-electron chi connectivity index (χ0n) is 15.9. The molecule has 0 saturated heterocycles. The van der Waals surface area contributed by atoms with Gasteiger partial charge in [0.15, 0.2) is 0 Å². The van der Waals surface area contributed by atoms with E-state index in [1.54, 1.807) is 24.3 Å². The molecule has 0 heterocycles. The fourth-order valence-corrected chi connectivity index (χ4v) is 3.52. The summed E-state index contributed by atoms with van der Waals surface area (Å²) in [4.78, 5) is 23.6. The second-order valence-electron chi connectivity index (χ2n) is 6.39. The first-order valence-electron chi connectivity index (χ1n) is 8.76. The van der Waals surface area contributed by atoms with Gasteiger partial charge in [-0.25, -0.2) is 27.1 Å². The van der Waals surface area contributed by atoms with Crippen LogP contribution in [-0.2, 0) is 42.5 Å². The second-order valence-corrected chi connectivity index (χ2v) is 9.51. The molecule has 0 radical (unpaired) electrons. The molecule has 30 heavy (non-hydrogen) atoms. The van der Waals surface area contributed by atoms with Crippen LogP contribution in [0.5, 0.6) is 0 Å². The first-order valence-corrected chi connectivity index (χ1v) is 11.9. The van der Waals surface area contributed by atoms with Crippen molar-refractivity contribution in [1.82, 2.24) is 10.6 Å². The van der Waals surface area contributed by atoms with Gasteiger partial charge in [0.2, 0.25) is 20.0 Å². The van der Waals surface area contributed by atoms with Crippen LogP contribution in [0.2, 0.25) is 0 Å². The second kappa shape index (κ2) is 9.80. The number of nitrogens with one attached hydrogen (secondary N) is 2. The Morgan fingerprint density at radius 1 is 0.633 bits per heavy atom. The molecule has 0 atom stereocenters. The third-order valence-electron chi connectivity index (χ3n) is 4.11. The fourth-order valence-electron chi connectivity index (χ4n) is 2.49. The van der Waals surface area contributed by atoms with Gasteiger partial charge in [-0.2, -0.15) is 0 Å². The molecule has 6 N–H and O–H groups in total. The highest BCUT2D eigenvalue weighted by molar-refractivity contribution is 7.89. The van der Waals surface area contributed by atoms with Crippen molar-refractivity contribution in [1.29, 1.82) is 0 Å². The number of carbonyl (C=O) groups excluding carboxylic acids is 2. The Hall–Kier alpha value is -2.80. The molecule has 10 nitrogen and oxygen atoms in total. The van der Waals surface area contributed by atoms with E-state index in [9.17, 15) is 26.4 Å². The van der Waals surface area contributed by atoms with Crippen LogP contribution in [0.25, 0.3) is 0 Å². The topological polar surface area (TPSA) is 179 Å². The summed E-state index contributed by atoms with van der Waals surface area (Å²) in [6.45, 7) is 0.381. The van der Waals surface area contributed by atoms with Crippen LogP contribution < -0.4 is 20.9 Å². The van der Waals surface area contributed by atoms with E-state index in [1.807, 2.05) is 0 Å². The lowest BCUT2D eigenvalue weighted by Crippen LogP contribution is -2.41. The lowest BCUT2D eigenvalue weighted by Gasteiger charge is -2.07. The van der Waals surface area contributed by atoms with Crippen LogP contribution in [-0.4, -0.2) is 41.7 Å². The lowest BCUT2D eigenvalue weighted by atomic mass is 10.1. The lowest BCUT2D eigenvalue weighted by molar-refractivity contribution is -0.139. The maximum atomic E-state index is 11.8. The van der Waals surface area contributed by atoms with Gasteiger partial charge in [0.1, 0.15) is 0 Å². The molecule has 0 aliphatic rings. The zero-order valence-corrected chi connectivity index (χ0v) is 17.5. The van der Waals surface area contributed by atoms with Crippen molar-refractivity contribution >= 4 is 31.9 Å². The Morgan fingerprint density at radius 2 is 0.933 bits per heavy atom. The van der Waals surface area contributed by atoms with Crippen molar-refractivity contribution in [3.05, 3.63) is 59.7 Å². The minimum absolute atomic E-state index is 0.00560. The van der Waals surface area contributed by atoms with E-state index in [0.29, 0.717) is 12.8 Å². The Kier molecular flexibility index (Phi) is 7.67. The Balaban J connectivity index is 1.72. The van der Waals surface area contributed by atoms with Crippen LogP contribution in [0.4, 0.5) is 0 Å². The third-order valence-corrected chi connectivity index (χ3v) is 5.97. The van der Waals surface area contributed by atoms with Gasteiger partial charge < -0.3 is 10.6 Å². The van der Waals surface area contributed by atoms with E-state index in [-0.39, 0.29) is 22.9 Å². The molecule has 162 valence electrons. The largest absolute Gasteiger partial charge is 0.348 e. The standard InChI is InChI=1S/C18H22N4O6S2/c19-29(25,26)15-5-1-13(2-6-15)9-11-21-17(23)18(24)22-12-10-14-3-7-16(8-4-14)30(20,27)28/h1-8H,9-12H2,(H,21,23)(H,22,24)(H2,19,25,26)(H2,20,27,28). The first kappa shape index (κ1) is 23.5. The molecule has 2 amide bonds. The van der Waals surface area contributed by atoms with Crippen LogP contribution in [0, 0.1) is 0 Å². The van der Waals surface area contributed by atoms with Gasteiger partial charge in [-0.3, -0.25) is 9.59 Å². The number of rotatable bonds is 8. The quantitative estimate of drug-likeness (QED) is 0.371. The van der Waals surface area contributed by atoms with E-state index in [1.165, 1.54) is 24.3 Å². The molecule has 12 heteroatoms. The normalized spacial score (nSPS) is 11.7. The molecule has 0 saturated carbocycles. The average molecular weight is 455 g/mol. The van der Waals surface area contributed by atoms with E-state index in [2.05, 4.69) is 10.6 Å². The number of carbonyl (C=O) groups is 2. The van der Waals surface area contributed by atoms with Crippen molar-refractivity contribution in [2.24, 2.45) is 10.3 Å². The number of sulfonamides is 2. The smallest absolute Gasteiger partial charge is 0.309 e. The summed E-state index contributed by atoms with van der Waals surface area (Å²) in [6, 6.07) is 11.8. The molecular formula is C18H22N4O6S2. The first-order chi connectivity index (χ1) is 14.0. The Labute approximate surface area is 174 Å². The molecular weight excluding hydrogens is 432 g/mol. The van der Waals surface area contributed by atoms with Gasteiger partial charge in [-0.15, -0.1) is 0 Å². The summed E-state index contributed by atoms with van der Waals surface area (Å²) in [5.74, 6) is -1.58. The highest BCUT2D eigenvalue weighted by Crippen LogP contribution is 2.09. The van der Waals surface area contributed by atoms with Crippen LogP contribution in [0.1, 0.15) is 11.1 Å². The van der Waals surface area contributed by atoms with E-state index in [4.69, 9.17) is 10.3 Å². The van der Waals surface area contributed by atoms with Crippen molar-refractivity contribution in [3.63, 3.8) is 0 Å². The number of benzene rings is 2. The minimum Gasteiger partial charge on any atom is -0.348 e. The van der Waals surface area contributed by atoms with Gasteiger partial charge in [-0.05, 0) is 48.2 Å². The highest BCUT2D eigenvalue weighted by atomic mass is 32.2. The SMILES string of the molecule is NS(=O)(=O)c1ccc(CCNC(=O)C(=O)NCCc2ccc(S(N)(=O)=O)cc2)cc1. The average Bonchev–Trinajstić information content (AvgIpc) is 2.67. The van der Waals surface area contributed by atoms with Crippen molar-refractivity contribution in [2.75, 3.05) is 13.1 Å². The van der Waals surface area contributed by atoms with E-state index < -0.39 is 31.9 Å². The molecule has 2 rings (SSSR count). The minimum atomic E-state index is -3.76. The summed E-state index contributed by atoms with van der Waals surface area (Å²) in [7, 11) is -7.52. The Bertz CT molecular complexity index is 1020. The number of nitrogens with two attached hydrogens (primary N) is 2. The van der Waals surface area contributed by atoms with Crippen LogP contribution in [0.15, 0.2) is 58.3 Å². The fraction of sp³-hybridized carbons (Fsp3) is 0.222. The van der Waals surface area contributed by atoms with Gasteiger partial charge in [0.25, 0.3) is 0 Å². The molecule has 0 aromatic heterocycles. The molecule has 2 aromatic rings. The third kappa shape index (κ3) is 7.22. The molecule has 0 unspecified atom stereocenters. The van der Waals surface area contributed by atoms with Gasteiger partial charge in [0, 0.05) is 13.1 Å². The maximum Gasteiger partial charge on any atom is 0.309 e. The van der Waals surface area contributed by atoms with E-state index >= 15 is 0 Å². The maximum absolute atomic E-state index is 11.8. The highest BCUT2D eigenvalue weighted by Gasteiger charge is 2.13. The monoisotopic (exact) mass is 454 g/mol. The molecule has 0 fully saturated rings. The predicted molar refractivity (Wildman–Crippen MR) is 109 cm³/mol. The van der Waals surface area contributed by atoms with E-state index in [0.717, 1.165) is 11.1 Å².